The lowest BCUT2D eigenvalue weighted by Crippen LogP contribution is -2.15. The summed E-state index contributed by atoms with van der Waals surface area (Å²) in [6, 6.07) is 59.5. The van der Waals surface area contributed by atoms with Crippen LogP contribution in [0.5, 0.6) is 0 Å². The van der Waals surface area contributed by atoms with Crippen molar-refractivity contribution >= 4 is 64.7 Å². The Balaban J connectivity index is 1.10. The predicted octanol–water partition coefficient (Wildman–Crippen LogP) is 15.1. The Morgan fingerprint density at radius 1 is 0.518 bits per heavy atom. The molecule has 0 unspecified atom stereocenters. The Morgan fingerprint density at radius 2 is 1.16 bits per heavy atom. The summed E-state index contributed by atoms with van der Waals surface area (Å²) in [5.41, 5.74) is 12.5. The standard InChI is InChI=1S/C53H38N2S/c1-37-15-7-3-2-4-10-20-45(35-37)54(43-28-23-39(24-29-43)38-16-8-5-9-17-38)44-30-25-40(26-31-44)41-27-33-49-48(36-41)52-50(55(49)42-18-11-6-12-19-42)34-32-47-46-21-13-14-22-51(46)56-53(47)52/h2-3,5-36H,1,4H2/b3-2-,15-7-,20-10-,45-35?. The van der Waals surface area contributed by atoms with Crippen molar-refractivity contribution in [2.24, 2.45) is 0 Å². The molecule has 0 aliphatic heterocycles. The summed E-state index contributed by atoms with van der Waals surface area (Å²) in [7, 11) is 0. The van der Waals surface area contributed by atoms with Gasteiger partial charge in [0.15, 0.2) is 0 Å². The molecular formula is C53H38N2S. The molecule has 1 aliphatic rings. The Kier molecular flexibility index (Phi) is 8.63. The normalized spacial score (nSPS) is 14.9. The quantitative estimate of drug-likeness (QED) is 0.165. The highest BCUT2D eigenvalue weighted by molar-refractivity contribution is 7.26. The summed E-state index contributed by atoms with van der Waals surface area (Å²) < 4.78 is 5.07. The van der Waals surface area contributed by atoms with Gasteiger partial charge in [-0.1, -0.05) is 140 Å². The van der Waals surface area contributed by atoms with Crippen molar-refractivity contribution in [1.29, 1.82) is 0 Å². The van der Waals surface area contributed by atoms with Crippen LogP contribution in [0.25, 0.3) is 69.9 Å². The molecule has 9 aromatic rings. The molecule has 0 N–H and O–H groups in total. The van der Waals surface area contributed by atoms with Crippen LogP contribution in [0.2, 0.25) is 0 Å². The third-order valence-electron chi connectivity index (χ3n) is 10.7. The Bertz CT molecular complexity index is 3030. The SMILES string of the molecule is C=C1C=C(N(c2ccc(-c3ccccc3)cc2)c2ccc(-c3ccc4c(c3)c3c5sc6ccccc6c5ccc3n4-c3ccccc3)cc2)/C=C\C/C=C\C=C/1. The van der Waals surface area contributed by atoms with Gasteiger partial charge in [-0.2, -0.15) is 0 Å². The fraction of sp³-hybridized carbons (Fsp3) is 0.0189. The first-order chi connectivity index (χ1) is 27.7. The van der Waals surface area contributed by atoms with Gasteiger partial charge >= 0.3 is 0 Å². The molecule has 0 radical (unpaired) electrons. The molecule has 3 heteroatoms. The van der Waals surface area contributed by atoms with E-state index >= 15 is 0 Å². The number of hydrogen-bond acceptors (Lipinski definition) is 2. The molecule has 2 aromatic heterocycles. The first-order valence-corrected chi connectivity index (χ1v) is 19.9. The molecule has 2 nitrogen and oxygen atoms in total. The second-order valence-electron chi connectivity index (χ2n) is 14.2. The van der Waals surface area contributed by atoms with E-state index in [1.165, 1.54) is 69.9 Å². The largest absolute Gasteiger partial charge is 0.310 e. The average molecular weight is 735 g/mol. The maximum atomic E-state index is 4.36. The number of nitrogens with zero attached hydrogens (tertiary/aromatic N) is 2. The zero-order valence-electron chi connectivity index (χ0n) is 30.8. The molecule has 0 saturated carbocycles. The first kappa shape index (κ1) is 33.6. The van der Waals surface area contributed by atoms with Crippen LogP contribution in [0.15, 0.2) is 224 Å². The first-order valence-electron chi connectivity index (χ1n) is 19.1. The van der Waals surface area contributed by atoms with Crippen molar-refractivity contribution in [3.63, 3.8) is 0 Å². The molecule has 2 heterocycles. The van der Waals surface area contributed by atoms with Crippen molar-refractivity contribution in [2.45, 2.75) is 6.42 Å². The fourth-order valence-corrected chi connectivity index (χ4v) is 9.29. The molecule has 0 saturated heterocycles. The van der Waals surface area contributed by atoms with Gasteiger partial charge in [-0.3, -0.25) is 0 Å². The number of anilines is 2. The monoisotopic (exact) mass is 734 g/mol. The van der Waals surface area contributed by atoms with Crippen LogP contribution in [0.4, 0.5) is 11.4 Å². The van der Waals surface area contributed by atoms with Crippen LogP contribution in [-0.4, -0.2) is 4.57 Å². The number of para-hydroxylation sites is 1. The molecule has 266 valence electrons. The molecule has 1 aliphatic carbocycles. The number of rotatable bonds is 6. The lowest BCUT2D eigenvalue weighted by Gasteiger charge is -2.27. The molecule has 0 bridgehead atoms. The number of thiophene rings is 1. The van der Waals surface area contributed by atoms with E-state index in [9.17, 15) is 0 Å². The summed E-state index contributed by atoms with van der Waals surface area (Å²) in [6.07, 6.45) is 15.8. The van der Waals surface area contributed by atoms with Gasteiger partial charge in [0.05, 0.1) is 11.0 Å². The van der Waals surface area contributed by atoms with E-state index in [1.807, 2.05) is 11.3 Å². The third-order valence-corrected chi connectivity index (χ3v) is 11.9. The number of allylic oxidation sites excluding steroid dienone is 8. The number of hydrogen-bond donors (Lipinski definition) is 0. The molecule has 56 heavy (non-hydrogen) atoms. The zero-order chi connectivity index (χ0) is 37.4. The van der Waals surface area contributed by atoms with Gasteiger partial charge in [0, 0.05) is 53.7 Å². The summed E-state index contributed by atoms with van der Waals surface area (Å²) in [5, 5.41) is 5.21. The third kappa shape index (κ3) is 6.09. The van der Waals surface area contributed by atoms with Gasteiger partial charge in [-0.25, -0.2) is 0 Å². The highest BCUT2D eigenvalue weighted by atomic mass is 32.1. The topological polar surface area (TPSA) is 8.17 Å². The van der Waals surface area contributed by atoms with Crippen LogP contribution in [0, 0.1) is 0 Å². The Hall–Kier alpha value is -6.94. The summed E-state index contributed by atoms with van der Waals surface area (Å²) >= 11 is 1.89. The Labute approximate surface area is 331 Å². The Morgan fingerprint density at radius 3 is 1.93 bits per heavy atom. The lowest BCUT2D eigenvalue weighted by atomic mass is 10.0. The van der Waals surface area contributed by atoms with Crippen LogP contribution in [0.1, 0.15) is 6.42 Å². The van der Waals surface area contributed by atoms with Crippen molar-refractivity contribution in [1.82, 2.24) is 4.57 Å². The van der Waals surface area contributed by atoms with E-state index in [-0.39, 0.29) is 0 Å². The van der Waals surface area contributed by atoms with E-state index in [2.05, 4.69) is 222 Å². The highest BCUT2D eigenvalue weighted by Gasteiger charge is 2.19. The van der Waals surface area contributed by atoms with Crippen molar-refractivity contribution in [3.05, 3.63) is 224 Å². The maximum absolute atomic E-state index is 4.36. The minimum Gasteiger partial charge on any atom is -0.310 e. The van der Waals surface area contributed by atoms with Gasteiger partial charge in [0.1, 0.15) is 0 Å². The van der Waals surface area contributed by atoms with Crippen LogP contribution < -0.4 is 4.90 Å². The molecule has 0 fully saturated rings. The second-order valence-corrected chi connectivity index (χ2v) is 15.3. The molecule has 0 amide bonds. The molecule has 10 rings (SSSR count). The van der Waals surface area contributed by atoms with E-state index in [0.717, 1.165) is 29.1 Å². The lowest BCUT2D eigenvalue weighted by molar-refractivity contribution is 1.18. The summed E-state index contributed by atoms with van der Waals surface area (Å²) in [6.45, 7) is 4.36. The minimum atomic E-state index is 0.852. The van der Waals surface area contributed by atoms with Crippen LogP contribution >= 0.6 is 11.3 Å². The molecule has 0 atom stereocenters. The molecular weight excluding hydrogens is 697 g/mol. The van der Waals surface area contributed by atoms with E-state index in [1.54, 1.807) is 0 Å². The van der Waals surface area contributed by atoms with Crippen molar-refractivity contribution < 1.29 is 0 Å². The smallest absolute Gasteiger partial charge is 0.0555 e. The fourth-order valence-electron chi connectivity index (χ4n) is 8.03. The predicted molar refractivity (Wildman–Crippen MR) is 242 cm³/mol. The highest BCUT2D eigenvalue weighted by Crippen LogP contribution is 2.44. The number of fused-ring (bicyclic) bond motifs is 7. The van der Waals surface area contributed by atoms with Crippen LogP contribution in [0.3, 0.4) is 0 Å². The van der Waals surface area contributed by atoms with Gasteiger partial charge in [-0.15, -0.1) is 11.3 Å². The zero-order valence-corrected chi connectivity index (χ0v) is 31.7. The van der Waals surface area contributed by atoms with Crippen molar-refractivity contribution in [2.75, 3.05) is 4.90 Å². The van der Waals surface area contributed by atoms with Crippen LogP contribution in [-0.2, 0) is 0 Å². The summed E-state index contributed by atoms with van der Waals surface area (Å²) in [4.78, 5) is 2.33. The summed E-state index contributed by atoms with van der Waals surface area (Å²) in [5.74, 6) is 0. The van der Waals surface area contributed by atoms with E-state index in [0.29, 0.717) is 0 Å². The van der Waals surface area contributed by atoms with Crippen molar-refractivity contribution in [3.8, 4) is 27.9 Å². The van der Waals surface area contributed by atoms with E-state index < -0.39 is 0 Å². The minimum absolute atomic E-state index is 0.852. The van der Waals surface area contributed by atoms with Gasteiger partial charge < -0.3 is 9.47 Å². The van der Waals surface area contributed by atoms with Gasteiger partial charge in [-0.05, 0) is 107 Å². The van der Waals surface area contributed by atoms with Gasteiger partial charge in [0.25, 0.3) is 0 Å². The maximum Gasteiger partial charge on any atom is 0.0555 e. The molecule has 0 spiro atoms. The molecule has 7 aromatic carbocycles. The van der Waals surface area contributed by atoms with E-state index in [4.69, 9.17) is 0 Å². The second kappa shape index (κ2) is 14.4. The number of aromatic nitrogens is 1. The average Bonchev–Trinajstić information content (AvgIpc) is 3.80. The van der Waals surface area contributed by atoms with Gasteiger partial charge in [0.2, 0.25) is 0 Å². The number of benzene rings is 7.